The maximum absolute atomic E-state index is 12.2. The van der Waals surface area contributed by atoms with Crippen LogP contribution in [0.5, 0.6) is 0 Å². The van der Waals surface area contributed by atoms with Crippen molar-refractivity contribution in [3.8, 4) is 0 Å². The van der Waals surface area contributed by atoms with Gasteiger partial charge in [0, 0.05) is 5.57 Å². The van der Waals surface area contributed by atoms with Gasteiger partial charge in [-0.25, -0.2) is 9.78 Å². The third-order valence-corrected chi connectivity index (χ3v) is 4.07. The van der Waals surface area contributed by atoms with Gasteiger partial charge in [-0.1, -0.05) is 41.7 Å². The SMILES string of the molecule is CCOC(=O)c1sc(NC(=O)C(C)=Cc2ccccc2)nc1C. The lowest BCUT2D eigenvalue weighted by Crippen LogP contribution is -2.12. The Hall–Kier alpha value is -2.47. The predicted molar refractivity (Wildman–Crippen MR) is 91.5 cm³/mol. The fourth-order valence-electron chi connectivity index (χ4n) is 1.90. The molecule has 0 spiro atoms. The molecule has 1 aromatic carbocycles. The summed E-state index contributed by atoms with van der Waals surface area (Å²) in [5.41, 5.74) is 2.05. The minimum atomic E-state index is -0.417. The lowest BCUT2D eigenvalue weighted by Gasteiger charge is -2.02. The Morgan fingerprint density at radius 2 is 2.00 bits per heavy atom. The van der Waals surface area contributed by atoms with Crippen LogP contribution in [0.15, 0.2) is 35.9 Å². The number of carbonyl (C=O) groups excluding carboxylic acids is 2. The van der Waals surface area contributed by atoms with Crippen LogP contribution in [-0.4, -0.2) is 23.5 Å². The Balaban J connectivity index is 2.10. The van der Waals surface area contributed by atoms with Gasteiger partial charge in [-0.3, -0.25) is 10.1 Å². The second kappa shape index (κ2) is 7.69. The van der Waals surface area contributed by atoms with Gasteiger partial charge >= 0.3 is 5.97 Å². The van der Waals surface area contributed by atoms with Crippen molar-refractivity contribution in [2.75, 3.05) is 11.9 Å². The number of aryl methyl sites for hydroxylation is 1. The Morgan fingerprint density at radius 3 is 2.65 bits per heavy atom. The van der Waals surface area contributed by atoms with E-state index < -0.39 is 5.97 Å². The summed E-state index contributed by atoms with van der Waals surface area (Å²) in [6, 6.07) is 9.58. The summed E-state index contributed by atoms with van der Waals surface area (Å²) in [4.78, 5) is 28.6. The molecule has 120 valence electrons. The van der Waals surface area contributed by atoms with Crippen LogP contribution in [0.25, 0.3) is 6.08 Å². The fourth-order valence-corrected chi connectivity index (χ4v) is 2.75. The van der Waals surface area contributed by atoms with Gasteiger partial charge in [0.25, 0.3) is 5.91 Å². The summed E-state index contributed by atoms with van der Waals surface area (Å²) in [7, 11) is 0. The van der Waals surface area contributed by atoms with E-state index >= 15 is 0 Å². The first-order chi connectivity index (χ1) is 11.0. The molecule has 6 heteroatoms. The molecule has 1 N–H and O–H groups in total. The van der Waals surface area contributed by atoms with Crippen LogP contribution in [-0.2, 0) is 9.53 Å². The minimum absolute atomic E-state index is 0.252. The van der Waals surface area contributed by atoms with Gasteiger partial charge in [0.1, 0.15) is 4.88 Å². The molecule has 2 aromatic rings. The van der Waals surface area contributed by atoms with Crippen LogP contribution in [0, 0.1) is 6.92 Å². The number of nitrogens with zero attached hydrogens (tertiary/aromatic N) is 1. The summed E-state index contributed by atoms with van der Waals surface area (Å²) in [5.74, 6) is -0.669. The number of aromatic nitrogens is 1. The van der Waals surface area contributed by atoms with E-state index in [0.29, 0.717) is 27.9 Å². The number of thiazole rings is 1. The van der Waals surface area contributed by atoms with Crippen LogP contribution in [0.4, 0.5) is 5.13 Å². The molecular formula is C17H18N2O3S. The molecule has 0 radical (unpaired) electrons. The second-order valence-corrected chi connectivity index (χ2v) is 5.85. The van der Waals surface area contributed by atoms with E-state index in [1.165, 1.54) is 0 Å². The van der Waals surface area contributed by atoms with Gasteiger partial charge in [0.2, 0.25) is 0 Å². The molecule has 1 heterocycles. The van der Waals surface area contributed by atoms with Gasteiger partial charge in [-0.15, -0.1) is 0 Å². The quantitative estimate of drug-likeness (QED) is 0.671. The molecule has 0 atom stereocenters. The third-order valence-electron chi connectivity index (χ3n) is 3.02. The molecule has 23 heavy (non-hydrogen) atoms. The van der Waals surface area contributed by atoms with Crippen molar-refractivity contribution in [3.05, 3.63) is 52.0 Å². The van der Waals surface area contributed by atoms with Gasteiger partial charge in [0.15, 0.2) is 5.13 Å². The summed E-state index contributed by atoms with van der Waals surface area (Å²) in [6.07, 6.45) is 1.79. The molecule has 0 saturated carbocycles. The second-order valence-electron chi connectivity index (χ2n) is 4.85. The Bertz CT molecular complexity index is 736. The number of amides is 1. The molecule has 1 amide bonds. The highest BCUT2D eigenvalue weighted by molar-refractivity contribution is 7.17. The predicted octanol–water partition coefficient (Wildman–Crippen LogP) is 3.67. The van der Waals surface area contributed by atoms with Crippen LogP contribution in [0.3, 0.4) is 0 Å². The summed E-state index contributed by atoms with van der Waals surface area (Å²) >= 11 is 1.11. The van der Waals surface area contributed by atoms with Gasteiger partial charge in [0.05, 0.1) is 12.3 Å². The first-order valence-corrected chi connectivity index (χ1v) is 8.02. The highest BCUT2D eigenvalue weighted by atomic mass is 32.1. The van der Waals surface area contributed by atoms with E-state index in [-0.39, 0.29) is 5.91 Å². The zero-order valence-electron chi connectivity index (χ0n) is 13.3. The largest absolute Gasteiger partial charge is 0.462 e. The van der Waals surface area contributed by atoms with E-state index in [4.69, 9.17) is 4.74 Å². The molecular weight excluding hydrogens is 312 g/mol. The maximum Gasteiger partial charge on any atom is 0.350 e. The standard InChI is InChI=1S/C17H18N2O3S/c1-4-22-16(21)14-12(3)18-17(23-14)19-15(20)11(2)10-13-8-6-5-7-9-13/h5-10H,4H2,1-3H3,(H,18,19,20). The van der Waals surface area contributed by atoms with Crippen molar-refractivity contribution >= 4 is 34.4 Å². The monoisotopic (exact) mass is 330 g/mol. The number of nitrogens with one attached hydrogen (secondary N) is 1. The zero-order chi connectivity index (χ0) is 16.8. The maximum atomic E-state index is 12.2. The summed E-state index contributed by atoms with van der Waals surface area (Å²) in [6.45, 7) is 5.49. The average molecular weight is 330 g/mol. The Kier molecular flexibility index (Phi) is 5.65. The average Bonchev–Trinajstić information content (AvgIpc) is 2.89. The minimum Gasteiger partial charge on any atom is -0.462 e. The first-order valence-electron chi connectivity index (χ1n) is 7.20. The van der Waals surface area contributed by atoms with Crippen molar-refractivity contribution in [1.29, 1.82) is 0 Å². The van der Waals surface area contributed by atoms with E-state index in [9.17, 15) is 9.59 Å². The van der Waals surface area contributed by atoms with Gasteiger partial charge in [-0.2, -0.15) is 0 Å². The van der Waals surface area contributed by atoms with Gasteiger partial charge in [-0.05, 0) is 32.4 Å². The fraction of sp³-hybridized carbons (Fsp3) is 0.235. The molecule has 0 aliphatic rings. The number of anilines is 1. The molecule has 5 nitrogen and oxygen atoms in total. The van der Waals surface area contributed by atoms with Gasteiger partial charge < -0.3 is 4.74 Å². The summed E-state index contributed by atoms with van der Waals surface area (Å²) < 4.78 is 4.96. The number of hydrogen-bond donors (Lipinski definition) is 1. The van der Waals surface area contributed by atoms with E-state index in [1.54, 1.807) is 26.8 Å². The number of esters is 1. The Labute approximate surface area is 139 Å². The highest BCUT2D eigenvalue weighted by Crippen LogP contribution is 2.24. The molecule has 0 fully saturated rings. The van der Waals surface area contributed by atoms with E-state index in [1.807, 2.05) is 30.3 Å². The van der Waals surface area contributed by atoms with Crippen LogP contribution in [0.2, 0.25) is 0 Å². The van der Waals surface area contributed by atoms with Crippen molar-refractivity contribution < 1.29 is 14.3 Å². The highest BCUT2D eigenvalue weighted by Gasteiger charge is 2.17. The molecule has 0 aliphatic carbocycles. The van der Waals surface area contributed by atoms with Crippen molar-refractivity contribution in [2.24, 2.45) is 0 Å². The number of rotatable bonds is 5. The molecule has 0 saturated heterocycles. The molecule has 2 rings (SSSR count). The zero-order valence-corrected chi connectivity index (χ0v) is 14.1. The number of ether oxygens (including phenoxy) is 1. The third kappa shape index (κ3) is 4.50. The molecule has 1 aromatic heterocycles. The topological polar surface area (TPSA) is 68.3 Å². The van der Waals surface area contributed by atoms with Crippen LogP contribution < -0.4 is 5.32 Å². The van der Waals surface area contributed by atoms with E-state index in [0.717, 1.165) is 16.9 Å². The normalized spacial score (nSPS) is 11.2. The lowest BCUT2D eigenvalue weighted by molar-refractivity contribution is -0.112. The molecule has 0 bridgehead atoms. The number of hydrogen-bond acceptors (Lipinski definition) is 5. The first kappa shape index (κ1) is 16.9. The van der Waals surface area contributed by atoms with E-state index in [2.05, 4.69) is 10.3 Å². The van der Waals surface area contributed by atoms with Crippen molar-refractivity contribution in [1.82, 2.24) is 4.98 Å². The van der Waals surface area contributed by atoms with Crippen molar-refractivity contribution in [3.63, 3.8) is 0 Å². The van der Waals surface area contributed by atoms with Crippen molar-refractivity contribution in [2.45, 2.75) is 20.8 Å². The molecule has 0 unspecified atom stereocenters. The number of carbonyl (C=O) groups is 2. The Morgan fingerprint density at radius 1 is 1.30 bits per heavy atom. The van der Waals surface area contributed by atoms with Crippen LogP contribution >= 0.6 is 11.3 Å². The smallest absolute Gasteiger partial charge is 0.350 e. The van der Waals surface area contributed by atoms with Crippen LogP contribution in [0.1, 0.15) is 34.8 Å². The summed E-state index contributed by atoms with van der Waals surface area (Å²) in [5, 5.41) is 3.10. The lowest BCUT2D eigenvalue weighted by atomic mass is 10.1. The molecule has 0 aliphatic heterocycles. The number of benzene rings is 1.